The molecule has 1 atom stereocenters. The summed E-state index contributed by atoms with van der Waals surface area (Å²) in [4.78, 5) is 37.0. The van der Waals surface area contributed by atoms with Crippen LogP contribution in [0.1, 0.15) is 29.0 Å². The molecule has 0 bridgehead atoms. The van der Waals surface area contributed by atoms with Crippen LogP contribution in [0.5, 0.6) is 0 Å². The van der Waals surface area contributed by atoms with E-state index in [9.17, 15) is 9.59 Å². The Bertz CT molecular complexity index is 1250. The van der Waals surface area contributed by atoms with Gasteiger partial charge in [0.1, 0.15) is 5.82 Å². The molecule has 0 radical (unpaired) electrons. The van der Waals surface area contributed by atoms with E-state index >= 15 is 0 Å². The van der Waals surface area contributed by atoms with Gasteiger partial charge in [-0.2, -0.15) is 0 Å². The maximum atomic E-state index is 13.3. The number of benzene rings is 2. The van der Waals surface area contributed by atoms with Crippen molar-refractivity contribution in [3.8, 4) is 0 Å². The van der Waals surface area contributed by atoms with Gasteiger partial charge in [-0.15, -0.1) is 0 Å². The molecule has 0 spiro atoms. The highest BCUT2D eigenvalue weighted by molar-refractivity contribution is 6.42. The summed E-state index contributed by atoms with van der Waals surface area (Å²) in [6.07, 6.45) is 1.90. The highest BCUT2D eigenvalue weighted by Gasteiger charge is 2.32. The zero-order chi connectivity index (χ0) is 24.5. The summed E-state index contributed by atoms with van der Waals surface area (Å²) in [5.74, 6) is 1.12. The molecule has 2 saturated heterocycles. The summed E-state index contributed by atoms with van der Waals surface area (Å²) >= 11 is 12.0. The van der Waals surface area contributed by atoms with E-state index in [2.05, 4.69) is 22.6 Å². The highest BCUT2D eigenvalue weighted by Crippen LogP contribution is 2.25. The third-order valence-corrected chi connectivity index (χ3v) is 7.88. The molecule has 7 nitrogen and oxygen atoms in total. The molecule has 35 heavy (non-hydrogen) atoms. The Morgan fingerprint density at radius 1 is 0.971 bits per heavy atom. The summed E-state index contributed by atoms with van der Waals surface area (Å²) in [6, 6.07) is 13.1. The number of carbonyl (C=O) groups is 2. The Balaban J connectivity index is 1.17. The quantitative estimate of drug-likeness (QED) is 0.527. The number of hydrogen-bond acceptors (Lipinski definition) is 4. The summed E-state index contributed by atoms with van der Waals surface area (Å²) in [5.41, 5.74) is 2.65. The van der Waals surface area contributed by atoms with Crippen molar-refractivity contribution >= 4 is 46.0 Å². The van der Waals surface area contributed by atoms with Gasteiger partial charge in [0.2, 0.25) is 5.91 Å². The number of rotatable bonds is 4. The number of fused-ring (bicyclic) bond motifs is 1. The number of carbonyl (C=O) groups excluding carboxylic acids is 2. The fourth-order valence-electron chi connectivity index (χ4n) is 5.14. The van der Waals surface area contributed by atoms with Gasteiger partial charge in [-0.05, 0) is 49.7 Å². The third kappa shape index (κ3) is 5.03. The van der Waals surface area contributed by atoms with E-state index in [1.807, 2.05) is 23.1 Å². The van der Waals surface area contributed by atoms with Crippen LogP contribution in [0.2, 0.25) is 10.0 Å². The Hall–Kier alpha value is -2.61. The lowest BCUT2D eigenvalue weighted by molar-refractivity contribution is -0.139. The second kappa shape index (κ2) is 10.2. The van der Waals surface area contributed by atoms with Crippen LogP contribution in [0.15, 0.2) is 42.5 Å². The molecule has 2 amide bonds. The molecular weight excluding hydrogens is 485 g/mol. The predicted octanol–water partition coefficient (Wildman–Crippen LogP) is 4.08. The van der Waals surface area contributed by atoms with Gasteiger partial charge in [0.25, 0.3) is 5.91 Å². The van der Waals surface area contributed by atoms with Gasteiger partial charge < -0.3 is 14.4 Å². The van der Waals surface area contributed by atoms with Crippen LogP contribution in [0.25, 0.3) is 11.0 Å². The summed E-state index contributed by atoms with van der Waals surface area (Å²) in [6.45, 7) is 4.58. The minimum Gasteiger partial charge on any atom is -0.339 e. The summed E-state index contributed by atoms with van der Waals surface area (Å²) in [5, 5.41) is 0.795. The molecule has 2 fully saturated rings. The number of aromatic nitrogens is 2. The van der Waals surface area contributed by atoms with Crippen molar-refractivity contribution in [2.75, 3.05) is 39.3 Å². The number of hydrogen-bond donors (Lipinski definition) is 0. The highest BCUT2D eigenvalue weighted by atomic mass is 35.5. The molecule has 0 aliphatic carbocycles. The van der Waals surface area contributed by atoms with Crippen molar-refractivity contribution in [1.29, 1.82) is 0 Å². The molecule has 1 aromatic heterocycles. The van der Waals surface area contributed by atoms with Crippen LogP contribution in [-0.4, -0.2) is 75.3 Å². The van der Waals surface area contributed by atoms with Crippen LogP contribution in [0.3, 0.4) is 0 Å². The number of imidazole rings is 1. The number of halogens is 2. The van der Waals surface area contributed by atoms with Gasteiger partial charge in [0.05, 0.1) is 33.5 Å². The van der Waals surface area contributed by atoms with Crippen molar-refractivity contribution < 1.29 is 9.59 Å². The number of likely N-dealkylation sites (tertiary alicyclic amines) is 1. The lowest BCUT2D eigenvalue weighted by atomic mass is 9.96. The van der Waals surface area contributed by atoms with Gasteiger partial charge in [-0.25, -0.2) is 4.98 Å². The zero-order valence-electron chi connectivity index (χ0n) is 19.8. The van der Waals surface area contributed by atoms with E-state index in [-0.39, 0.29) is 17.7 Å². The molecule has 2 aliphatic heterocycles. The van der Waals surface area contributed by atoms with Crippen LogP contribution < -0.4 is 0 Å². The normalized spacial score (nSPS) is 19.3. The lowest BCUT2D eigenvalue weighted by Gasteiger charge is -2.39. The number of aryl methyl sites for hydroxylation is 1. The minimum absolute atomic E-state index is 0.0178. The molecule has 0 saturated carbocycles. The summed E-state index contributed by atoms with van der Waals surface area (Å²) < 4.78 is 2.14. The number of nitrogens with zero attached hydrogens (tertiary/aromatic N) is 5. The van der Waals surface area contributed by atoms with Gasteiger partial charge in [0.15, 0.2) is 0 Å². The fourth-order valence-corrected chi connectivity index (χ4v) is 5.44. The van der Waals surface area contributed by atoms with Crippen molar-refractivity contribution in [2.45, 2.75) is 19.4 Å². The largest absolute Gasteiger partial charge is 0.339 e. The molecular formula is C26H29Cl2N5O2. The van der Waals surface area contributed by atoms with Gasteiger partial charge in [-0.3, -0.25) is 14.5 Å². The van der Waals surface area contributed by atoms with Gasteiger partial charge in [0, 0.05) is 45.3 Å². The van der Waals surface area contributed by atoms with Crippen molar-refractivity contribution in [3.63, 3.8) is 0 Å². The molecule has 0 N–H and O–H groups in total. The van der Waals surface area contributed by atoms with E-state index in [0.717, 1.165) is 49.3 Å². The summed E-state index contributed by atoms with van der Waals surface area (Å²) in [7, 11) is 2.05. The standard InChI is InChI=1S/C26H29Cl2N5O2/c1-30-23-7-3-2-6-22(23)29-24(30)17-31-10-4-5-19(16-31)26(35)33-13-11-32(12-14-33)25(34)18-8-9-20(27)21(28)15-18/h2-3,6-9,15,19H,4-5,10-14,16-17H2,1H3/t19-/m1/s1. The first-order chi connectivity index (χ1) is 16.9. The molecule has 184 valence electrons. The van der Waals surface area contributed by atoms with E-state index in [1.165, 1.54) is 0 Å². The first-order valence-corrected chi connectivity index (χ1v) is 12.8. The molecule has 9 heteroatoms. The SMILES string of the molecule is Cn1c(CN2CCC[C@@H](C(=O)N3CCN(C(=O)c4ccc(Cl)c(Cl)c4)CC3)C2)nc2ccccc21. The number of amides is 2. The lowest BCUT2D eigenvalue weighted by Crippen LogP contribution is -2.53. The average Bonchev–Trinajstić information content (AvgIpc) is 3.20. The first kappa shape index (κ1) is 24.1. The van der Waals surface area contributed by atoms with E-state index in [1.54, 1.807) is 23.1 Å². The molecule has 3 aromatic rings. The van der Waals surface area contributed by atoms with Crippen LogP contribution in [0, 0.1) is 5.92 Å². The number of para-hydroxylation sites is 2. The topological polar surface area (TPSA) is 61.7 Å². The predicted molar refractivity (Wildman–Crippen MR) is 138 cm³/mol. The Kier molecular flexibility index (Phi) is 7.00. The Morgan fingerprint density at radius 3 is 2.46 bits per heavy atom. The molecule has 0 unspecified atom stereocenters. The molecule has 3 heterocycles. The Morgan fingerprint density at radius 2 is 1.71 bits per heavy atom. The van der Waals surface area contributed by atoms with Gasteiger partial charge in [-0.1, -0.05) is 35.3 Å². The van der Waals surface area contributed by atoms with E-state index in [0.29, 0.717) is 41.8 Å². The monoisotopic (exact) mass is 513 g/mol. The second-order valence-electron chi connectivity index (χ2n) is 9.40. The molecule has 2 aliphatic rings. The van der Waals surface area contributed by atoms with Crippen molar-refractivity contribution in [2.24, 2.45) is 13.0 Å². The van der Waals surface area contributed by atoms with E-state index < -0.39 is 0 Å². The maximum absolute atomic E-state index is 13.3. The maximum Gasteiger partial charge on any atom is 0.254 e. The second-order valence-corrected chi connectivity index (χ2v) is 10.2. The molecule has 5 rings (SSSR count). The zero-order valence-corrected chi connectivity index (χ0v) is 21.3. The molecule has 2 aromatic carbocycles. The van der Waals surface area contributed by atoms with E-state index in [4.69, 9.17) is 28.2 Å². The Labute approximate surface area is 215 Å². The number of piperidine rings is 1. The third-order valence-electron chi connectivity index (χ3n) is 7.14. The van der Waals surface area contributed by atoms with Crippen LogP contribution >= 0.6 is 23.2 Å². The fraction of sp³-hybridized carbons (Fsp3) is 0.423. The first-order valence-electron chi connectivity index (χ1n) is 12.1. The average molecular weight is 514 g/mol. The smallest absolute Gasteiger partial charge is 0.254 e. The van der Waals surface area contributed by atoms with Crippen LogP contribution in [-0.2, 0) is 18.4 Å². The van der Waals surface area contributed by atoms with Crippen molar-refractivity contribution in [3.05, 3.63) is 63.9 Å². The van der Waals surface area contributed by atoms with Crippen LogP contribution in [0.4, 0.5) is 0 Å². The van der Waals surface area contributed by atoms with Crippen molar-refractivity contribution in [1.82, 2.24) is 24.3 Å². The van der Waals surface area contributed by atoms with Gasteiger partial charge >= 0.3 is 0 Å². The number of piperazine rings is 1. The minimum atomic E-state index is -0.0815.